The van der Waals surface area contributed by atoms with Gasteiger partial charge in [-0.1, -0.05) is 25.5 Å². The van der Waals surface area contributed by atoms with Gasteiger partial charge in [0.25, 0.3) is 0 Å². The molecule has 2 atom stereocenters. The third kappa shape index (κ3) is 4.14. The van der Waals surface area contributed by atoms with Crippen LogP contribution < -0.4 is 11.1 Å². The summed E-state index contributed by atoms with van der Waals surface area (Å²) in [5.41, 5.74) is 6.10. The van der Waals surface area contributed by atoms with Crippen LogP contribution in [0.1, 0.15) is 32.9 Å². The van der Waals surface area contributed by atoms with Gasteiger partial charge in [0.2, 0.25) is 5.91 Å². The van der Waals surface area contributed by atoms with Crippen LogP contribution in [0.25, 0.3) is 0 Å². The highest BCUT2D eigenvalue weighted by molar-refractivity contribution is 5.75. The zero-order chi connectivity index (χ0) is 12.8. The van der Waals surface area contributed by atoms with Crippen LogP contribution in [-0.2, 0) is 17.9 Å². The van der Waals surface area contributed by atoms with Crippen molar-refractivity contribution in [2.45, 2.75) is 46.3 Å². The molecule has 1 rings (SSSR count). The maximum Gasteiger partial charge on any atom is 0.242 e. The molecule has 1 heterocycles. The fraction of sp³-hybridized carbons (Fsp3) is 0.727. The third-order valence-corrected chi connectivity index (χ3v) is 2.99. The lowest BCUT2D eigenvalue weighted by Crippen LogP contribution is -2.38. The Labute approximate surface area is 102 Å². The SMILES string of the molecule is CCC(C)C(C)NC(=O)Cn1cc(CN)nn1. The van der Waals surface area contributed by atoms with E-state index in [4.69, 9.17) is 5.73 Å². The Morgan fingerprint density at radius 1 is 1.59 bits per heavy atom. The van der Waals surface area contributed by atoms with Gasteiger partial charge < -0.3 is 11.1 Å². The van der Waals surface area contributed by atoms with Gasteiger partial charge >= 0.3 is 0 Å². The Morgan fingerprint density at radius 3 is 2.82 bits per heavy atom. The van der Waals surface area contributed by atoms with Crippen molar-refractivity contribution in [2.24, 2.45) is 11.7 Å². The maximum atomic E-state index is 11.7. The topological polar surface area (TPSA) is 85.8 Å². The van der Waals surface area contributed by atoms with Crippen molar-refractivity contribution < 1.29 is 4.79 Å². The lowest BCUT2D eigenvalue weighted by molar-refractivity contribution is -0.122. The van der Waals surface area contributed by atoms with Crippen LogP contribution in [0.2, 0.25) is 0 Å². The lowest BCUT2D eigenvalue weighted by Gasteiger charge is -2.19. The monoisotopic (exact) mass is 239 g/mol. The van der Waals surface area contributed by atoms with E-state index in [9.17, 15) is 4.79 Å². The molecule has 0 fully saturated rings. The van der Waals surface area contributed by atoms with Crippen molar-refractivity contribution in [3.8, 4) is 0 Å². The number of hydrogen-bond donors (Lipinski definition) is 2. The minimum atomic E-state index is -0.0497. The lowest BCUT2D eigenvalue weighted by atomic mass is 10.0. The second-order valence-corrected chi connectivity index (χ2v) is 4.35. The number of carbonyl (C=O) groups is 1. The van der Waals surface area contributed by atoms with Gasteiger partial charge in [0.05, 0.1) is 11.9 Å². The predicted molar refractivity (Wildman–Crippen MR) is 65.0 cm³/mol. The number of carbonyl (C=O) groups excluding carboxylic acids is 1. The summed E-state index contributed by atoms with van der Waals surface area (Å²) < 4.78 is 1.50. The zero-order valence-electron chi connectivity index (χ0n) is 10.7. The third-order valence-electron chi connectivity index (χ3n) is 2.99. The summed E-state index contributed by atoms with van der Waals surface area (Å²) >= 11 is 0. The molecule has 6 heteroatoms. The van der Waals surface area contributed by atoms with Gasteiger partial charge in [0.15, 0.2) is 0 Å². The van der Waals surface area contributed by atoms with Gasteiger partial charge in [-0.15, -0.1) is 5.10 Å². The van der Waals surface area contributed by atoms with E-state index in [-0.39, 0.29) is 18.5 Å². The van der Waals surface area contributed by atoms with E-state index >= 15 is 0 Å². The molecule has 6 nitrogen and oxygen atoms in total. The first-order chi connectivity index (χ1) is 8.06. The van der Waals surface area contributed by atoms with E-state index in [1.165, 1.54) is 4.68 Å². The summed E-state index contributed by atoms with van der Waals surface area (Å²) in [6.45, 7) is 6.77. The van der Waals surface area contributed by atoms with Gasteiger partial charge in [0, 0.05) is 12.6 Å². The van der Waals surface area contributed by atoms with Crippen molar-refractivity contribution >= 4 is 5.91 Å². The number of hydrogen-bond acceptors (Lipinski definition) is 4. The highest BCUT2D eigenvalue weighted by Gasteiger charge is 2.13. The molecule has 1 aromatic rings. The van der Waals surface area contributed by atoms with E-state index < -0.39 is 0 Å². The molecule has 0 spiro atoms. The Morgan fingerprint density at radius 2 is 2.29 bits per heavy atom. The number of nitrogens with one attached hydrogen (secondary N) is 1. The fourth-order valence-corrected chi connectivity index (χ4v) is 1.45. The van der Waals surface area contributed by atoms with Gasteiger partial charge in [-0.2, -0.15) is 0 Å². The Bertz CT molecular complexity index is 362. The Kier molecular flexibility index (Phi) is 5.09. The predicted octanol–water partition coefficient (Wildman–Crippen LogP) is 0.288. The molecule has 0 aliphatic rings. The molecule has 17 heavy (non-hydrogen) atoms. The smallest absolute Gasteiger partial charge is 0.242 e. The Hall–Kier alpha value is -1.43. The molecule has 0 saturated carbocycles. The van der Waals surface area contributed by atoms with Crippen LogP contribution in [0.3, 0.4) is 0 Å². The second kappa shape index (κ2) is 6.34. The number of aromatic nitrogens is 3. The van der Waals surface area contributed by atoms with Gasteiger partial charge in [-0.3, -0.25) is 4.79 Å². The van der Waals surface area contributed by atoms with E-state index in [1.54, 1.807) is 6.20 Å². The van der Waals surface area contributed by atoms with Crippen molar-refractivity contribution in [2.75, 3.05) is 0 Å². The average molecular weight is 239 g/mol. The van der Waals surface area contributed by atoms with Crippen LogP contribution >= 0.6 is 0 Å². The highest BCUT2D eigenvalue weighted by Crippen LogP contribution is 2.06. The minimum absolute atomic E-state index is 0.0497. The maximum absolute atomic E-state index is 11.7. The van der Waals surface area contributed by atoms with Crippen LogP contribution in [0.5, 0.6) is 0 Å². The Balaban J connectivity index is 2.44. The van der Waals surface area contributed by atoms with Crippen LogP contribution in [-0.4, -0.2) is 26.9 Å². The standard InChI is InChI=1S/C11H21N5O/c1-4-8(2)9(3)13-11(17)7-16-6-10(5-12)14-15-16/h6,8-9H,4-5,7,12H2,1-3H3,(H,13,17). The van der Waals surface area contributed by atoms with Crippen molar-refractivity contribution in [1.82, 2.24) is 20.3 Å². The molecule has 2 unspecified atom stereocenters. The molecule has 96 valence electrons. The first kappa shape index (κ1) is 13.6. The fourth-order valence-electron chi connectivity index (χ4n) is 1.45. The molecule has 0 aliphatic heterocycles. The first-order valence-corrected chi connectivity index (χ1v) is 5.95. The quantitative estimate of drug-likeness (QED) is 0.747. The average Bonchev–Trinajstić information content (AvgIpc) is 2.75. The molecule has 1 amide bonds. The molecule has 0 saturated heterocycles. The molecule has 0 aliphatic carbocycles. The molecule has 3 N–H and O–H groups in total. The summed E-state index contributed by atoms with van der Waals surface area (Å²) in [4.78, 5) is 11.7. The number of nitrogens with zero attached hydrogens (tertiary/aromatic N) is 3. The van der Waals surface area contributed by atoms with E-state index in [2.05, 4.69) is 29.5 Å². The molecule has 0 bridgehead atoms. The zero-order valence-corrected chi connectivity index (χ0v) is 10.7. The second-order valence-electron chi connectivity index (χ2n) is 4.35. The first-order valence-electron chi connectivity index (χ1n) is 5.95. The van der Waals surface area contributed by atoms with E-state index in [0.717, 1.165) is 6.42 Å². The highest BCUT2D eigenvalue weighted by atomic mass is 16.2. The van der Waals surface area contributed by atoms with Crippen LogP contribution in [0.15, 0.2) is 6.20 Å². The number of rotatable bonds is 6. The summed E-state index contributed by atoms with van der Waals surface area (Å²) in [5.74, 6) is 0.417. The van der Waals surface area contributed by atoms with Crippen molar-refractivity contribution in [3.63, 3.8) is 0 Å². The van der Waals surface area contributed by atoms with Crippen LogP contribution in [0.4, 0.5) is 0 Å². The van der Waals surface area contributed by atoms with Gasteiger partial charge in [0.1, 0.15) is 6.54 Å². The minimum Gasteiger partial charge on any atom is -0.352 e. The van der Waals surface area contributed by atoms with Crippen LogP contribution in [0, 0.1) is 5.92 Å². The summed E-state index contributed by atoms with van der Waals surface area (Å²) in [5, 5.41) is 10.6. The van der Waals surface area contributed by atoms with E-state index in [0.29, 0.717) is 18.2 Å². The number of amides is 1. The molecular formula is C11H21N5O. The summed E-state index contributed by atoms with van der Waals surface area (Å²) in [6.07, 6.45) is 2.73. The molecule has 0 radical (unpaired) electrons. The largest absolute Gasteiger partial charge is 0.352 e. The molecular weight excluding hydrogens is 218 g/mol. The summed E-state index contributed by atoms with van der Waals surface area (Å²) in [6, 6.07) is 0.171. The number of nitrogens with two attached hydrogens (primary N) is 1. The van der Waals surface area contributed by atoms with Gasteiger partial charge in [-0.05, 0) is 12.8 Å². The van der Waals surface area contributed by atoms with Gasteiger partial charge in [-0.25, -0.2) is 4.68 Å². The normalized spacial score (nSPS) is 14.4. The van der Waals surface area contributed by atoms with Crippen molar-refractivity contribution in [3.05, 3.63) is 11.9 Å². The van der Waals surface area contributed by atoms with Crippen molar-refractivity contribution in [1.29, 1.82) is 0 Å². The van der Waals surface area contributed by atoms with E-state index in [1.807, 2.05) is 6.92 Å². The molecule has 1 aromatic heterocycles. The molecule has 0 aromatic carbocycles. The summed E-state index contributed by atoms with van der Waals surface area (Å²) in [7, 11) is 0.